The molecule has 0 spiro atoms. The lowest BCUT2D eigenvalue weighted by molar-refractivity contribution is -0.145. The molecule has 0 atom stereocenters. The first kappa shape index (κ1) is 13.0. The second kappa shape index (κ2) is 6.49. The lowest BCUT2D eigenvalue weighted by atomic mass is 10.3. The Bertz CT molecular complexity index is 127. The van der Waals surface area contributed by atoms with Crippen molar-refractivity contribution in [1.29, 1.82) is 0 Å². The van der Waals surface area contributed by atoms with Gasteiger partial charge in [0, 0.05) is 12.4 Å². The van der Waals surface area contributed by atoms with Crippen LogP contribution in [0.2, 0.25) is 0 Å². The highest BCUT2D eigenvalue weighted by Gasteiger charge is 2.29. The number of hydrogen-bond donors (Lipinski definition) is 0. The monoisotopic (exact) mass is 217 g/mol. The van der Waals surface area contributed by atoms with E-state index < -0.39 is 12.7 Å². The number of unbranched alkanes of at least 4 members (excludes halogenated alkanes) is 1. The molecular weight excluding hydrogens is 203 g/mol. The van der Waals surface area contributed by atoms with Crippen molar-refractivity contribution < 1.29 is 13.2 Å². The highest BCUT2D eigenvalue weighted by atomic mass is 35.5. The molecule has 0 saturated carbocycles. The van der Waals surface area contributed by atoms with Gasteiger partial charge < -0.3 is 0 Å². The minimum atomic E-state index is -4.11. The minimum Gasteiger partial charge on any atom is -0.294 e. The largest absolute Gasteiger partial charge is 0.401 e. The molecule has 0 saturated heterocycles. The first-order valence-electron chi connectivity index (χ1n) is 4.34. The fourth-order valence-electron chi connectivity index (χ4n) is 1.02. The van der Waals surface area contributed by atoms with Gasteiger partial charge in [-0.25, -0.2) is 0 Å². The van der Waals surface area contributed by atoms with Gasteiger partial charge in [-0.1, -0.05) is 13.3 Å². The number of halogens is 4. The Labute approximate surface area is 81.9 Å². The highest BCUT2D eigenvalue weighted by Crippen LogP contribution is 2.16. The fourth-order valence-corrected chi connectivity index (χ4v) is 1.26. The van der Waals surface area contributed by atoms with Crippen LogP contribution >= 0.6 is 11.6 Å². The topological polar surface area (TPSA) is 3.24 Å². The Morgan fingerprint density at radius 1 is 1.23 bits per heavy atom. The van der Waals surface area contributed by atoms with Crippen molar-refractivity contribution in [2.75, 3.05) is 25.5 Å². The van der Waals surface area contributed by atoms with Gasteiger partial charge in [0.1, 0.15) is 0 Å². The molecule has 0 unspecified atom stereocenters. The van der Waals surface area contributed by atoms with Crippen molar-refractivity contribution in [2.24, 2.45) is 0 Å². The molecule has 0 aliphatic carbocycles. The normalized spacial score (nSPS) is 12.5. The maximum Gasteiger partial charge on any atom is 0.401 e. The Balaban J connectivity index is 3.79. The molecule has 5 heteroatoms. The maximum absolute atomic E-state index is 12.0. The summed E-state index contributed by atoms with van der Waals surface area (Å²) in [6, 6.07) is 0. The maximum atomic E-state index is 12.0. The molecule has 0 aliphatic heterocycles. The zero-order chi connectivity index (χ0) is 10.3. The summed E-state index contributed by atoms with van der Waals surface area (Å²) in [6.45, 7) is 1.88. The molecular formula is C8H15ClF3N. The van der Waals surface area contributed by atoms with E-state index in [4.69, 9.17) is 11.6 Å². The van der Waals surface area contributed by atoms with Gasteiger partial charge in [0.25, 0.3) is 0 Å². The lowest BCUT2D eigenvalue weighted by Gasteiger charge is -2.22. The molecule has 13 heavy (non-hydrogen) atoms. The number of rotatable bonds is 6. The van der Waals surface area contributed by atoms with Crippen molar-refractivity contribution in [1.82, 2.24) is 4.90 Å². The number of alkyl halides is 4. The molecule has 0 aromatic heterocycles. The van der Waals surface area contributed by atoms with E-state index in [0.717, 1.165) is 12.8 Å². The smallest absolute Gasteiger partial charge is 0.294 e. The molecule has 0 rings (SSSR count). The van der Waals surface area contributed by atoms with Crippen LogP contribution in [0.4, 0.5) is 13.2 Å². The Morgan fingerprint density at radius 2 is 1.85 bits per heavy atom. The third-order valence-corrected chi connectivity index (χ3v) is 1.80. The summed E-state index contributed by atoms with van der Waals surface area (Å²) < 4.78 is 35.9. The van der Waals surface area contributed by atoms with Crippen molar-refractivity contribution in [3.05, 3.63) is 0 Å². The zero-order valence-electron chi connectivity index (χ0n) is 7.70. The summed E-state index contributed by atoms with van der Waals surface area (Å²) in [5.74, 6) is 0.250. The van der Waals surface area contributed by atoms with Gasteiger partial charge in [0.2, 0.25) is 0 Å². The lowest BCUT2D eigenvalue weighted by Crippen LogP contribution is -2.36. The van der Waals surface area contributed by atoms with Crippen LogP contribution in [-0.4, -0.2) is 36.6 Å². The minimum absolute atomic E-state index is 0.250. The molecule has 0 fully saturated rings. The molecule has 80 valence electrons. The van der Waals surface area contributed by atoms with E-state index in [0.29, 0.717) is 13.1 Å². The molecule has 0 radical (unpaired) electrons. The molecule has 0 amide bonds. The van der Waals surface area contributed by atoms with E-state index in [-0.39, 0.29) is 5.88 Å². The summed E-state index contributed by atoms with van der Waals surface area (Å²) in [5.41, 5.74) is 0. The predicted molar refractivity (Wildman–Crippen MR) is 48.1 cm³/mol. The van der Waals surface area contributed by atoms with Crippen molar-refractivity contribution in [3.63, 3.8) is 0 Å². The second-order valence-electron chi connectivity index (χ2n) is 2.93. The van der Waals surface area contributed by atoms with E-state index in [9.17, 15) is 13.2 Å². The van der Waals surface area contributed by atoms with Crippen LogP contribution in [0.25, 0.3) is 0 Å². The third kappa shape index (κ3) is 8.37. The van der Waals surface area contributed by atoms with Gasteiger partial charge in [-0.3, -0.25) is 4.90 Å². The highest BCUT2D eigenvalue weighted by molar-refractivity contribution is 6.18. The summed E-state index contributed by atoms with van der Waals surface area (Å²) in [5, 5.41) is 0. The SMILES string of the molecule is CCCCN(CCCl)CC(F)(F)F. The van der Waals surface area contributed by atoms with Gasteiger partial charge >= 0.3 is 6.18 Å². The molecule has 0 aliphatic rings. The van der Waals surface area contributed by atoms with Crippen LogP contribution in [0.5, 0.6) is 0 Å². The Kier molecular flexibility index (Phi) is 6.51. The fraction of sp³-hybridized carbons (Fsp3) is 1.00. The first-order chi connectivity index (χ1) is 5.99. The standard InChI is InChI=1S/C8H15ClF3N/c1-2-3-5-13(6-4-9)7-8(10,11)12/h2-7H2,1H3. The van der Waals surface area contributed by atoms with Crippen LogP contribution < -0.4 is 0 Å². The Hall–Kier alpha value is 0.0400. The van der Waals surface area contributed by atoms with E-state index in [2.05, 4.69) is 0 Å². The zero-order valence-corrected chi connectivity index (χ0v) is 8.46. The molecule has 1 nitrogen and oxygen atoms in total. The molecule has 0 bridgehead atoms. The van der Waals surface area contributed by atoms with Crippen LogP contribution in [-0.2, 0) is 0 Å². The summed E-state index contributed by atoms with van der Waals surface area (Å²) in [7, 11) is 0. The first-order valence-corrected chi connectivity index (χ1v) is 4.88. The van der Waals surface area contributed by atoms with Gasteiger partial charge in [-0.15, -0.1) is 11.6 Å². The molecule has 0 aromatic carbocycles. The van der Waals surface area contributed by atoms with E-state index in [1.165, 1.54) is 4.90 Å². The second-order valence-corrected chi connectivity index (χ2v) is 3.31. The predicted octanol–water partition coefficient (Wildman–Crippen LogP) is 2.89. The van der Waals surface area contributed by atoms with Gasteiger partial charge in [0.15, 0.2) is 0 Å². The summed E-state index contributed by atoms with van der Waals surface area (Å²) >= 11 is 5.40. The van der Waals surface area contributed by atoms with Crippen molar-refractivity contribution >= 4 is 11.6 Å². The Morgan fingerprint density at radius 3 is 2.23 bits per heavy atom. The average molecular weight is 218 g/mol. The van der Waals surface area contributed by atoms with Crippen LogP contribution in [0.15, 0.2) is 0 Å². The van der Waals surface area contributed by atoms with E-state index in [1.807, 2.05) is 6.92 Å². The van der Waals surface area contributed by atoms with Crippen molar-refractivity contribution in [2.45, 2.75) is 25.9 Å². The van der Waals surface area contributed by atoms with Crippen LogP contribution in [0.3, 0.4) is 0 Å². The third-order valence-electron chi connectivity index (χ3n) is 1.63. The average Bonchev–Trinajstić information content (AvgIpc) is 1.98. The van der Waals surface area contributed by atoms with Crippen LogP contribution in [0.1, 0.15) is 19.8 Å². The molecule has 0 aromatic rings. The van der Waals surface area contributed by atoms with Gasteiger partial charge in [-0.2, -0.15) is 13.2 Å². The molecule has 0 heterocycles. The van der Waals surface area contributed by atoms with Crippen molar-refractivity contribution in [3.8, 4) is 0 Å². The quantitative estimate of drug-likeness (QED) is 0.619. The van der Waals surface area contributed by atoms with E-state index in [1.54, 1.807) is 0 Å². The van der Waals surface area contributed by atoms with Gasteiger partial charge in [-0.05, 0) is 13.0 Å². The van der Waals surface area contributed by atoms with Crippen LogP contribution in [0, 0.1) is 0 Å². The number of hydrogen-bond acceptors (Lipinski definition) is 1. The van der Waals surface area contributed by atoms with Gasteiger partial charge in [0.05, 0.1) is 6.54 Å². The summed E-state index contributed by atoms with van der Waals surface area (Å²) in [4.78, 5) is 1.34. The number of nitrogens with zero attached hydrogens (tertiary/aromatic N) is 1. The molecule has 0 N–H and O–H groups in total. The van der Waals surface area contributed by atoms with E-state index >= 15 is 0 Å². The summed E-state index contributed by atoms with van der Waals surface area (Å²) in [6.07, 6.45) is -2.43.